The molecule has 1 heteroatoms. The zero-order chi connectivity index (χ0) is 40.2. The Morgan fingerprint density at radius 1 is 0.317 bits per heavy atom. The Morgan fingerprint density at radius 3 is 1.55 bits per heavy atom. The van der Waals surface area contributed by atoms with E-state index in [0.29, 0.717) is 0 Å². The second kappa shape index (κ2) is 14.4. The third kappa shape index (κ3) is 5.85. The van der Waals surface area contributed by atoms with Crippen LogP contribution in [0.1, 0.15) is 25.0 Å². The van der Waals surface area contributed by atoms with Crippen LogP contribution in [-0.4, -0.2) is 0 Å². The summed E-state index contributed by atoms with van der Waals surface area (Å²) < 4.78 is 0. The number of fused-ring (bicyclic) bond motifs is 6. The van der Waals surface area contributed by atoms with Crippen molar-refractivity contribution in [2.75, 3.05) is 4.90 Å². The highest BCUT2D eigenvalue weighted by Gasteiger charge is 2.36. The van der Waals surface area contributed by atoms with Crippen LogP contribution in [0, 0.1) is 0 Å². The molecule has 1 aliphatic rings. The van der Waals surface area contributed by atoms with Gasteiger partial charge in [0.05, 0.1) is 5.69 Å². The molecule has 0 amide bonds. The van der Waals surface area contributed by atoms with Gasteiger partial charge in [0.1, 0.15) is 0 Å². The zero-order valence-electron chi connectivity index (χ0n) is 33.8. The van der Waals surface area contributed by atoms with E-state index in [1.165, 1.54) is 88.3 Å². The van der Waals surface area contributed by atoms with Crippen molar-refractivity contribution in [3.63, 3.8) is 0 Å². The number of nitrogens with zero attached hydrogens (tertiary/aromatic N) is 1. The molecule has 0 aromatic heterocycles. The normalized spacial score (nSPS) is 12.6. The van der Waals surface area contributed by atoms with Crippen LogP contribution in [0.5, 0.6) is 0 Å². The minimum absolute atomic E-state index is 0.163. The van der Waals surface area contributed by atoms with Crippen molar-refractivity contribution in [2.45, 2.75) is 19.3 Å². The van der Waals surface area contributed by atoms with Gasteiger partial charge in [-0.1, -0.05) is 202 Å². The smallest absolute Gasteiger partial charge is 0.0546 e. The van der Waals surface area contributed by atoms with Gasteiger partial charge in [-0.25, -0.2) is 0 Å². The molecule has 0 saturated heterocycles. The van der Waals surface area contributed by atoms with Crippen LogP contribution in [0.4, 0.5) is 17.1 Å². The summed E-state index contributed by atoms with van der Waals surface area (Å²) in [6.07, 6.45) is 0. The number of anilines is 3. The van der Waals surface area contributed by atoms with Crippen LogP contribution in [0.2, 0.25) is 0 Å². The summed E-state index contributed by atoms with van der Waals surface area (Å²) in [5.41, 5.74) is 18.1. The van der Waals surface area contributed by atoms with Crippen LogP contribution >= 0.6 is 0 Å². The van der Waals surface area contributed by atoms with Crippen molar-refractivity contribution >= 4 is 38.6 Å². The molecule has 284 valence electrons. The molecule has 0 bridgehead atoms. The van der Waals surface area contributed by atoms with E-state index in [1.54, 1.807) is 0 Å². The number of rotatable bonds is 7. The van der Waals surface area contributed by atoms with Crippen molar-refractivity contribution in [3.8, 4) is 55.6 Å². The van der Waals surface area contributed by atoms with Crippen molar-refractivity contribution in [1.82, 2.24) is 0 Å². The fourth-order valence-electron chi connectivity index (χ4n) is 9.78. The minimum Gasteiger partial charge on any atom is -0.310 e. The predicted octanol–water partition coefficient (Wildman–Crippen LogP) is 16.4. The van der Waals surface area contributed by atoms with E-state index in [2.05, 4.69) is 243 Å². The van der Waals surface area contributed by atoms with Gasteiger partial charge in [0.25, 0.3) is 0 Å². The first-order valence-corrected chi connectivity index (χ1v) is 20.9. The van der Waals surface area contributed by atoms with Gasteiger partial charge in [-0.2, -0.15) is 0 Å². The SMILES string of the molecule is CC1(C)c2ccccc2-c2ccc(N(c3ccc(-c4ccccc4)c(-c4ccccc4)c3)c3cccc(-c4ccccc4)c3-c3cc4ccccc4c4ccccc34)cc21. The molecule has 0 fully saturated rings. The lowest BCUT2D eigenvalue weighted by atomic mass is 9.82. The average Bonchev–Trinajstić information content (AvgIpc) is 3.54. The third-order valence-electron chi connectivity index (χ3n) is 12.7. The summed E-state index contributed by atoms with van der Waals surface area (Å²) in [6.45, 7) is 4.74. The van der Waals surface area contributed by atoms with E-state index in [1.807, 2.05) is 0 Å². The summed E-state index contributed by atoms with van der Waals surface area (Å²) in [7, 11) is 0. The van der Waals surface area contributed by atoms with E-state index in [-0.39, 0.29) is 5.41 Å². The molecule has 11 rings (SSSR count). The number of benzene rings is 10. The summed E-state index contributed by atoms with van der Waals surface area (Å²) in [6, 6.07) is 82.6. The molecule has 0 N–H and O–H groups in total. The molecule has 0 unspecified atom stereocenters. The molecule has 0 spiro atoms. The van der Waals surface area contributed by atoms with E-state index in [4.69, 9.17) is 0 Å². The lowest BCUT2D eigenvalue weighted by molar-refractivity contribution is 0.660. The summed E-state index contributed by atoms with van der Waals surface area (Å²) in [5, 5.41) is 4.97. The molecule has 60 heavy (non-hydrogen) atoms. The fraction of sp³-hybridized carbons (Fsp3) is 0.0508. The highest BCUT2D eigenvalue weighted by atomic mass is 15.1. The van der Waals surface area contributed by atoms with Gasteiger partial charge < -0.3 is 4.90 Å². The Kier molecular flexibility index (Phi) is 8.57. The topological polar surface area (TPSA) is 3.24 Å². The van der Waals surface area contributed by atoms with Gasteiger partial charge in [-0.05, 0) is 119 Å². The van der Waals surface area contributed by atoms with Gasteiger partial charge in [-0.15, -0.1) is 0 Å². The van der Waals surface area contributed by atoms with Crippen LogP contribution in [0.15, 0.2) is 224 Å². The number of hydrogen-bond donors (Lipinski definition) is 0. The molecule has 10 aromatic carbocycles. The molecule has 1 nitrogen and oxygen atoms in total. The fourth-order valence-corrected chi connectivity index (χ4v) is 9.78. The van der Waals surface area contributed by atoms with E-state index < -0.39 is 0 Å². The van der Waals surface area contributed by atoms with Gasteiger partial charge in [-0.3, -0.25) is 0 Å². The summed E-state index contributed by atoms with van der Waals surface area (Å²) >= 11 is 0. The third-order valence-corrected chi connectivity index (χ3v) is 12.7. The maximum absolute atomic E-state index is 2.52. The summed E-state index contributed by atoms with van der Waals surface area (Å²) in [4.78, 5) is 2.52. The number of hydrogen-bond acceptors (Lipinski definition) is 1. The molecule has 0 atom stereocenters. The average molecular weight is 766 g/mol. The molecule has 0 radical (unpaired) electrons. The maximum Gasteiger partial charge on any atom is 0.0546 e. The largest absolute Gasteiger partial charge is 0.310 e. The van der Waals surface area contributed by atoms with Crippen LogP contribution in [0.3, 0.4) is 0 Å². The Morgan fingerprint density at radius 2 is 0.833 bits per heavy atom. The van der Waals surface area contributed by atoms with Crippen molar-refractivity contribution in [3.05, 3.63) is 236 Å². The van der Waals surface area contributed by atoms with Crippen LogP contribution in [-0.2, 0) is 5.41 Å². The highest BCUT2D eigenvalue weighted by Crippen LogP contribution is 2.53. The first kappa shape index (κ1) is 35.7. The maximum atomic E-state index is 2.52. The van der Waals surface area contributed by atoms with Crippen molar-refractivity contribution < 1.29 is 0 Å². The quantitative estimate of drug-likeness (QED) is 0.146. The Bertz CT molecular complexity index is 3220. The van der Waals surface area contributed by atoms with Crippen molar-refractivity contribution in [1.29, 1.82) is 0 Å². The first-order chi connectivity index (χ1) is 29.5. The van der Waals surface area contributed by atoms with E-state index in [9.17, 15) is 0 Å². The lowest BCUT2D eigenvalue weighted by Gasteiger charge is -2.32. The van der Waals surface area contributed by atoms with E-state index >= 15 is 0 Å². The second-order valence-electron chi connectivity index (χ2n) is 16.5. The van der Waals surface area contributed by atoms with Gasteiger partial charge in [0.2, 0.25) is 0 Å². The lowest BCUT2D eigenvalue weighted by Crippen LogP contribution is -2.17. The predicted molar refractivity (Wildman–Crippen MR) is 255 cm³/mol. The molecule has 0 heterocycles. The van der Waals surface area contributed by atoms with Crippen molar-refractivity contribution in [2.24, 2.45) is 0 Å². The molecule has 0 saturated carbocycles. The summed E-state index contributed by atoms with van der Waals surface area (Å²) in [5.74, 6) is 0. The Balaban J connectivity index is 1.24. The highest BCUT2D eigenvalue weighted by molar-refractivity contribution is 6.16. The Hall–Kier alpha value is -7.48. The van der Waals surface area contributed by atoms with E-state index in [0.717, 1.165) is 17.1 Å². The zero-order valence-corrected chi connectivity index (χ0v) is 33.8. The molecule has 1 aliphatic carbocycles. The first-order valence-electron chi connectivity index (χ1n) is 20.9. The Labute approximate surface area is 352 Å². The molecule has 10 aromatic rings. The van der Waals surface area contributed by atoms with Gasteiger partial charge in [0, 0.05) is 22.4 Å². The molecular formula is C59H43N. The van der Waals surface area contributed by atoms with Gasteiger partial charge >= 0.3 is 0 Å². The van der Waals surface area contributed by atoms with Crippen LogP contribution < -0.4 is 4.90 Å². The minimum atomic E-state index is -0.163. The molecular weight excluding hydrogens is 723 g/mol. The standard InChI is InChI=1S/C59H43N/c1-59(2)55-31-17-16-29-51(55)52-36-34-45(39-56(52)59)60(44-33-35-47(40-19-6-3-7-20-40)53(38-44)42-23-10-5-11-24-42)57-32-18-30-48(41-21-8-4-9-22-41)58(57)54-37-43-25-12-13-26-46(43)49-27-14-15-28-50(49)54/h3-39H,1-2H3. The second-order valence-corrected chi connectivity index (χ2v) is 16.5. The van der Waals surface area contributed by atoms with Gasteiger partial charge in [0.15, 0.2) is 0 Å². The van der Waals surface area contributed by atoms with Crippen LogP contribution in [0.25, 0.3) is 77.2 Å². The monoisotopic (exact) mass is 765 g/mol. The molecule has 0 aliphatic heterocycles.